The Labute approximate surface area is 226 Å². The number of aromatic nitrogens is 2. The summed E-state index contributed by atoms with van der Waals surface area (Å²) in [5.74, 6) is -1.23. The summed E-state index contributed by atoms with van der Waals surface area (Å²) in [5.41, 5.74) is 0.143. The van der Waals surface area contributed by atoms with E-state index in [2.05, 4.69) is 0 Å². The summed E-state index contributed by atoms with van der Waals surface area (Å²) in [4.78, 5) is 48.4. The molecule has 0 amide bonds. The predicted octanol–water partition coefficient (Wildman–Crippen LogP) is 5.74. The molecule has 3 aromatic carbocycles. The van der Waals surface area contributed by atoms with Gasteiger partial charge in [0.1, 0.15) is 11.4 Å². The SMILES string of the molecule is CCOC(=O)c1cn(-c2cc(-n3cc(C(=O)OCC)c4ccccc43)c([N+](=O)[O-])cc2[N+](=O)[O-])c2ccccc12. The lowest BCUT2D eigenvalue weighted by Gasteiger charge is -2.12. The smallest absolute Gasteiger partial charge is 0.340 e. The minimum Gasteiger partial charge on any atom is -0.462 e. The van der Waals surface area contributed by atoms with E-state index in [0.29, 0.717) is 21.8 Å². The van der Waals surface area contributed by atoms with Crippen LogP contribution in [-0.4, -0.2) is 44.1 Å². The summed E-state index contributed by atoms with van der Waals surface area (Å²) in [6.45, 7) is 3.58. The fourth-order valence-electron chi connectivity index (χ4n) is 4.73. The molecule has 0 saturated heterocycles. The Balaban J connectivity index is 1.85. The van der Waals surface area contributed by atoms with Gasteiger partial charge in [0.05, 0.1) is 51.3 Å². The number of nitro groups is 2. The van der Waals surface area contributed by atoms with Crippen LogP contribution in [-0.2, 0) is 9.47 Å². The van der Waals surface area contributed by atoms with Crippen molar-refractivity contribution in [1.29, 1.82) is 0 Å². The first-order chi connectivity index (χ1) is 19.3. The van der Waals surface area contributed by atoms with Crippen LogP contribution in [0.15, 0.2) is 73.1 Å². The zero-order valence-corrected chi connectivity index (χ0v) is 21.4. The summed E-state index contributed by atoms with van der Waals surface area (Å²) < 4.78 is 13.2. The normalized spacial score (nSPS) is 11.1. The maximum Gasteiger partial charge on any atom is 0.340 e. The third kappa shape index (κ3) is 4.30. The Hall–Kier alpha value is -5.52. The second-order valence-electron chi connectivity index (χ2n) is 8.64. The quantitative estimate of drug-likeness (QED) is 0.137. The van der Waals surface area contributed by atoms with Gasteiger partial charge in [-0.3, -0.25) is 20.2 Å². The van der Waals surface area contributed by atoms with E-state index in [1.54, 1.807) is 62.4 Å². The van der Waals surface area contributed by atoms with Gasteiger partial charge >= 0.3 is 11.9 Å². The number of rotatable bonds is 8. The van der Waals surface area contributed by atoms with Crippen molar-refractivity contribution in [3.8, 4) is 11.4 Å². The number of para-hydroxylation sites is 2. The maximum atomic E-state index is 12.7. The minimum atomic E-state index is -0.720. The molecule has 0 spiro atoms. The Morgan fingerprint density at radius 2 is 1.10 bits per heavy atom. The van der Waals surface area contributed by atoms with Gasteiger partial charge in [0.2, 0.25) is 0 Å². The number of hydrogen-bond donors (Lipinski definition) is 0. The molecule has 0 aliphatic heterocycles. The van der Waals surface area contributed by atoms with Crippen LogP contribution >= 0.6 is 0 Å². The van der Waals surface area contributed by atoms with E-state index in [-0.39, 0.29) is 35.7 Å². The van der Waals surface area contributed by atoms with Crippen molar-refractivity contribution in [2.24, 2.45) is 0 Å². The molecule has 0 atom stereocenters. The van der Waals surface area contributed by atoms with E-state index in [9.17, 15) is 29.8 Å². The highest BCUT2D eigenvalue weighted by molar-refractivity contribution is 6.06. The Bertz CT molecular complexity index is 1710. The number of carbonyl (C=O) groups is 2. The minimum absolute atomic E-state index is 0.0205. The van der Waals surface area contributed by atoms with Crippen molar-refractivity contribution in [2.45, 2.75) is 13.8 Å². The molecule has 202 valence electrons. The standard InChI is InChI=1S/C28H22N4O8/c1-3-39-27(33)19-15-29(21-11-7-5-9-17(19)21)23-13-24(26(32(37)38)14-25(23)31(35)36)30-16-20(28(34)40-4-2)18-10-6-8-12-22(18)30/h5-16H,3-4H2,1-2H3. The molecule has 2 aromatic heterocycles. The molecule has 0 aliphatic carbocycles. The van der Waals surface area contributed by atoms with E-state index in [0.717, 1.165) is 6.07 Å². The summed E-state index contributed by atoms with van der Waals surface area (Å²) in [5, 5.41) is 25.4. The lowest BCUT2D eigenvalue weighted by molar-refractivity contribution is -0.393. The number of fused-ring (bicyclic) bond motifs is 2. The molecule has 0 bridgehead atoms. The van der Waals surface area contributed by atoms with Gasteiger partial charge in [-0.2, -0.15) is 0 Å². The van der Waals surface area contributed by atoms with Gasteiger partial charge in [-0.15, -0.1) is 0 Å². The first-order valence-corrected chi connectivity index (χ1v) is 12.3. The molecule has 0 saturated carbocycles. The van der Waals surface area contributed by atoms with E-state index in [1.165, 1.54) is 27.6 Å². The molecule has 0 unspecified atom stereocenters. The summed E-state index contributed by atoms with van der Waals surface area (Å²) in [7, 11) is 0. The Kier molecular flexibility index (Phi) is 6.74. The van der Waals surface area contributed by atoms with E-state index >= 15 is 0 Å². The topological polar surface area (TPSA) is 149 Å². The Morgan fingerprint density at radius 3 is 1.48 bits per heavy atom. The number of hydrogen-bond acceptors (Lipinski definition) is 8. The summed E-state index contributed by atoms with van der Waals surface area (Å²) in [6.07, 6.45) is 2.83. The van der Waals surface area contributed by atoms with Crippen LogP contribution < -0.4 is 0 Å². The predicted molar refractivity (Wildman–Crippen MR) is 145 cm³/mol. The molecule has 5 aromatic rings. The molecule has 12 nitrogen and oxygen atoms in total. The zero-order valence-electron chi connectivity index (χ0n) is 21.4. The summed E-state index contributed by atoms with van der Waals surface area (Å²) >= 11 is 0. The number of carbonyl (C=O) groups excluding carboxylic acids is 2. The Morgan fingerprint density at radius 1 is 0.700 bits per heavy atom. The van der Waals surface area contributed by atoms with Crippen molar-refractivity contribution < 1.29 is 28.9 Å². The van der Waals surface area contributed by atoms with Gasteiger partial charge in [0.15, 0.2) is 0 Å². The lowest BCUT2D eigenvalue weighted by atomic mass is 10.1. The van der Waals surface area contributed by atoms with Crippen LogP contribution in [0.4, 0.5) is 11.4 Å². The van der Waals surface area contributed by atoms with Crippen LogP contribution in [0.1, 0.15) is 34.6 Å². The van der Waals surface area contributed by atoms with Crippen LogP contribution in [0, 0.1) is 20.2 Å². The third-order valence-corrected chi connectivity index (χ3v) is 6.40. The molecule has 12 heteroatoms. The first kappa shape index (κ1) is 26.1. The van der Waals surface area contributed by atoms with Crippen LogP contribution in [0.5, 0.6) is 0 Å². The maximum absolute atomic E-state index is 12.7. The second kappa shape index (κ2) is 10.3. The van der Waals surface area contributed by atoms with Gasteiger partial charge in [0, 0.05) is 29.2 Å². The van der Waals surface area contributed by atoms with Crippen LogP contribution in [0.3, 0.4) is 0 Å². The molecular formula is C28H22N4O8. The monoisotopic (exact) mass is 542 g/mol. The number of esters is 2. The second-order valence-corrected chi connectivity index (χ2v) is 8.64. The molecule has 5 rings (SSSR count). The molecule has 40 heavy (non-hydrogen) atoms. The molecule has 0 radical (unpaired) electrons. The number of ether oxygens (including phenoxy) is 2. The molecule has 0 fully saturated rings. The number of nitrogens with zero attached hydrogens (tertiary/aromatic N) is 4. The zero-order chi connectivity index (χ0) is 28.6. The van der Waals surface area contributed by atoms with Crippen molar-refractivity contribution in [3.05, 3.63) is 104 Å². The van der Waals surface area contributed by atoms with Crippen molar-refractivity contribution in [1.82, 2.24) is 9.13 Å². The molecular weight excluding hydrogens is 520 g/mol. The largest absolute Gasteiger partial charge is 0.462 e. The van der Waals surface area contributed by atoms with Gasteiger partial charge in [-0.1, -0.05) is 36.4 Å². The van der Waals surface area contributed by atoms with Gasteiger partial charge < -0.3 is 18.6 Å². The highest BCUT2D eigenvalue weighted by Gasteiger charge is 2.30. The molecule has 0 aliphatic rings. The van der Waals surface area contributed by atoms with Crippen molar-refractivity contribution >= 4 is 45.1 Å². The van der Waals surface area contributed by atoms with E-state index in [1.807, 2.05) is 0 Å². The van der Waals surface area contributed by atoms with Gasteiger partial charge in [-0.25, -0.2) is 9.59 Å². The van der Waals surface area contributed by atoms with E-state index < -0.39 is 33.2 Å². The number of benzene rings is 3. The highest BCUT2D eigenvalue weighted by atomic mass is 16.6. The van der Waals surface area contributed by atoms with Gasteiger partial charge in [0.25, 0.3) is 11.4 Å². The molecule has 2 heterocycles. The molecule has 0 N–H and O–H groups in total. The number of nitro benzene ring substituents is 2. The average Bonchev–Trinajstić information content (AvgIpc) is 3.52. The van der Waals surface area contributed by atoms with E-state index in [4.69, 9.17) is 9.47 Å². The highest BCUT2D eigenvalue weighted by Crippen LogP contribution is 2.38. The third-order valence-electron chi connectivity index (χ3n) is 6.40. The van der Waals surface area contributed by atoms with Crippen LogP contribution in [0.2, 0.25) is 0 Å². The fourth-order valence-corrected chi connectivity index (χ4v) is 4.73. The van der Waals surface area contributed by atoms with Gasteiger partial charge in [-0.05, 0) is 26.0 Å². The first-order valence-electron chi connectivity index (χ1n) is 12.3. The van der Waals surface area contributed by atoms with Crippen molar-refractivity contribution in [3.63, 3.8) is 0 Å². The summed E-state index contributed by atoms with van der Waals surface area (Å²) in [6, 6.07) is 15.7. The fraction of sp³-hybridized carbons (Fsp3) is 0.143. The van der Waals surface area contributed by atoms with Crippen LogP contribution in [0.25, 0.3) is 33.2 Å². The lowest BCUT2D eigenvalue weighted by Crippen LogP contribution is -2.07. The average molecular weight is 543 g/mol. The van der Waals surface area contributed by atoms with Crippen molar-refractivity contribution in [2.75, 3.05) is 13.2 Å².